The molecule has 2 aromatic rings. The van der Waals surface area contributed by atoms with Crippen LogP contribution in [0.2, 0.25) is 0 Å². The molecule has 0 aliphatic carbocycles. The summed E-state index contributed by atoms with van der Waals surface area (Å²) in [6, 6.07) is 12.8. The molecule has 20 heavy (non-hydrogen) atoms. The number of ether oxygens (including phenoxy) is 1. The largest absolute Gasteiger partial charge is 0.497 e. The molecule has 104 valence electrons. The van der Waals surface area contributed by atoms with Crippen LogP contribution < -0.4 is 15.8 Å². The number of methoxy groups -OCH3 is 1. The molecule has 2 rings (SSSR count). The maximum atomic E-state index is 11.9. The average molecular weight is 271 g/mol. The number of amides is 1. The molecular weight excluding hydrogens is 254 g/mol. The molecule has 0 aliphatic heterocycles. The Labute approximate surface area is 117 Å². The number of hydrogen-bond acceptors (Lipinski definition) is 4. The van der Waals surface area contributed by atoms with E-state index in [1.54, 1.807) is 13.2 Å². The molecule has 1 amide bonds. The van der Waals surface area contributed by atoms with E-state index in [-0.39, 0.29) is 5.91 Å². The minimum absolute atomic E-state index is 0.114. The van der Waals surface area contributed by atoms with Crippen molar-refractivity contribution < 1.29 is 9.53 Å². The third-order valence-corrected chi connectivity index (χ3v) is 2.81. The van der Waals surface area contributed by atoms with Crippen molar-refractivity contribution >= 4 is 11.7 Å². The van der Waals surface area contributed by atoms with Crippen LogP contribution >= 0.6 is 0 Å². The lowest BCUT2D eigenvalue weighted by molar-refractivity contribution is -0.115. The first kappa shape index (κ1) is 14.0. The van der Waals surface area contributed by atoms with Crippen LogP contribution in [0, 0.1) is 0 Å². The summed E-state index contributed by atoms with van der Waals surface area (Å²) in [6.07, 6.45) is 0.290. The van der Waals surface area contributed by atoms with Gasteiger partial charge in [-0.1, -0.05) is 18.2 Å². The maximum Gasteiger partial charge on any atom is 0.229 e. The number of rotatable bonds is 5. The molecule has 1 aromatic heterocycles. The predicted octanol–water partition coefficient (Wildman–Crippen LogP) is 1.73. The van der Waals surface area contributed by atoms with Crippen molar-refractivity contribution in [3.63, 3.8) is 0 Å². The van der Waals surface area contributed by atoms with Crippen LogP contribution in [-0.4, -0.2) is 18.0 Å². The minimum Gasteiger partial charge on any atom is -0.497 e. The van der Waals surface area contributed by atoms with E-state index in [2.05, 4.69) is 10.3 Å². The van der Waals surface area contributed by atoms with E-state index in [0.29, 0.717) is 18.8 Å². The molecule has 0 radical (unpaired) electrons. The predicted molar refractivity (Wildman–Crippen MR) is 77.5 cm³/mol. The van der Waals surface area contributed by atoms with Crippen molar-refractivity contribution in [3.05, 3.63) is 53.7 Å². The molecule has 1 heterocycles. The first-order valence-electron chi connectivity index (χ1n) is 6.30. The number of nitrogens with one attached hydrogen (secondary N) is 1. The van der Waals surface area contributed by atoms with Gasteiger partial charge in [0, 0.05) is 6.54 Å². The van der Waals surface area contributed by atoms with Crippen LogP contribution in [0.1, 0.15) is 11.3 Å². The minimum atomic E-state index is -0.114. The summed E-state index contributed by atoms with van der Waals surface area (Å²) in [5.74, 6) is 1.18. The molecule has 1 aromatic carbocycles. The van der Waals surface area contributed by atoms with Crippen molar-refractivity contribution in [1.82, 2.24) is 4.98 Å². The van der Waals surface area contributed by atoms with E-state index in [4.69, 9.17) is 10.5 Å². The fourth-order valence-corrected chi connectivity index (χ4v) is 1.78. The first-order valence-corrected chi connectivity index (χ1v) is 6.30. The van der Waals surface area contributed by atoms with Crippen LogP contribution in [0.3, 0.4) is 0 Å². The number of carbonyl (C=O) groups is 1. The number of hydrogen-bond donors (Lipinski definition) is 2. The monoisotopic (exact) mass is 271 g/mol. The zero-order valence-corrected chi connectivity index (χ0v) is 11.3. The third-order valence-electron chi connectivity index (χ3n) is 2.81. The van der Waals surface area contributed by atoms with Crippen molar-refractivity contribution in [2.24, 2.45) is 5.73 Å². The van der Waals surface area contributed by atoms with Gasteiger partial charge < -0.3 is 15.8 Å². The molecule has 0 spiro atoms. The summed E-state index contributed by atoms with van der Waals surface area (Å²) in [5, 5.41) is 2.76. The zero-order chi connectivity index (χ0) is 14.4. The smallest absolute Gasteiger partial charge is 0.229 e. The quantitative estimate of drug-likeness (QED) is 0.868. The zero-order valence-electron chi connectivity index (χ0n) is 11.3. The standard InChI is InChI=1S/C15H17N3O2/c1-20-13-7-5-11(6-8-13)9-15(19)18-14-4-2-3-12(10-16)17-14/h2-8H,9-10,16H2,1H3,(H,17,18,19). The lowest BCUT2D eigenvalue weighted by Gasteiger charge is -2.06. The molecule has 5 nitrogen and oxygen atoms in total. The summed E-state index contributed by atoms with van der Waals surface area (Å²) in [4.78, 5) is 16.1. The first-order chi connectivity index (χ1) is 9.71. The van der Waals surface area contributed by atoms with E-state index in [1.807, 2.05) is 36.4 Å². The van der Waals surface area contributed by atoms with E-state index in [9.17, 15) is 4.79 Å². The highest BCUT2D eigenvalue weighted by Crippen LogP contribution is 2.12. The summed E-state index contributed by atoms with van der Waals surface area (Å²) in [5.41, 5.74) is 7.17. The van der Waals surface area contributed by atoms with Gasteiger partial charge in [0.1, 0.15) is 11.6 Å². The van der Waals surface area contributed by atoms with Crippen molar-refractivity contribution in [1.29, 1.82) is 0 Å². The number of anilines is 1. The van der Waals surface area contributed by atoms with Gasteiger partial charge in [-0.3, -0.25) is 4.79 Å². The van der Waals surface area contributed by atoms with Crippen LogP contribution in [0.5, 0.6) is 5.75 Å². The third kappa shape index (κ3) is 3.80. The van der Waals surface area contributed by atoms with Crippen molar-refractivity contribution in [3.8, 4) is 5.75 Å². The Kier molecular flexibility index (Phi) is 4.68. The summed E-state index contributed by atoms with van der Waals surface area (Å²) < 4.78 is 5.07. The average Bonchev–Trinajstić information content (AvgIpc) is 2.48. The topological polar surface area (TPSA) is 77.2 Å². The summed E-state index contributed by atoms with van der Waals surface area (Å²) >= 11 is 0. The Bertz CT molecular complexity index is 582. The summed E-state index contributed by atoms with van der Waals surface area (Å²) in [7, 11) is 1.61. The second kappa shape index (κ2) is 6.68. The molecule has 0 saturated heterocycles. The SMILES string of the molecule is COc1ccc(CC(=O)Nc2cccc(CN)n2)cc1. The molecule has 0 bridgehead atoms. The molecule has 0 aliphatic rings. The Morgan fingerprint density at radius 2 is 2.00 bits per heavy atom. The van der Waals surface area contributed by atoms with E-state index in [0.717, 1.165) is 17.0 Å². The fraction of sp³-hybridized carbons (Fsp3) is 0.200. The highest BCUT2D eigenvalue weighted by atomic mass is 16.5. The normalized spacial score (nSPS) is 10.1. The Morgan fingerprint density at radius 3 is 2.65 bits per heavy atom. The fourth-order valence-electron chi connectivity index (χ4n) is 1.78. The van der Waals surface area contributed by atoms with Gasteiger partial charge in [-0.25, -0.2) is 4.98 Å². The number of nitrogens with two attached hydrogens (primary N) is 1. The molecular formula is C15H17N3O2. The number of pyridine rings is 1. The highest BCUT2D eigenvalue weighted by molar-refractivity contribution is 5.91. The van der Waals surface area contributed by atoms with Crippen LogP contribution in [-0.2, 0) is 17.8 Å². The number of benzene rings is 1. The lowest BCUT2D eigenvalue weighted by atomic mass is 10.1. The second-order valence-electron chi connectivity index (χ2n) is 4.29. The van der Waals surface area contributed by atoms with E-state index >= 15 is 0 Å². The van der Waals surface area contributed by atoms with Gasteiger partial charge in [-0.15, -0.1) is 0 Å². The number of aromatic nitrogens is 1. The van der Waals surface area contributed by atoms with Gasteiger partial charge >= 0.3 is 0 Å². The van der Waals surface area contributed by atoms with Crippen molar-refractivity contribution in [2.45, 2.75) is 13.0 Å². The van der Waals surface area contributed by atoms with Crippen LogP contribution in [0.4, 0.5) is 5.82 Å². The van der Waals surface area contributed by atoms with Gasteiger partial charge in [-0.2, -0.15) is 0 Å². The molecule has 0 saturated carbocycles. The highest BCUT2D eigenvalue weighted by Gasteiger charge is 2.05. The van der Waals surface area contributed by atoms with Crippen LogP contribution in [0.15, 0.2) is 42.5 Å². The second-order valence-corrected chi connectivity index (χ2v) is 4.29. The van der Waals surface area contributed by atoms with Gasteiger partial charge in [0.05, 0.1) is 19.2 Å². The molecule has 0 unspecified atom stereocenters. The Hall–Kier alpha value is -2.40. The van der Waals surface area contributed by atoms with Gasteiger partial charge in [0.25, 0.3) is 0 Å². The maximum absolute atomic E-state index is 11.9. The van der Waals surface area contributed by atoms with Gasteiger partial charge in [0.2, 0.25) is 5.91 Å². The Morgan fingerprint density at radius 1 is 1.25 bits per heavy atom. The van der Waals surface area contributed by atoms with Gasteiger partial charge in [0.15, 0.2) is 0 Å². The van der Waals surface area contributed by atoms with E-state index in [1.165, 1.54) is 0 Å². The lowest BCUT2D eigenvalue weighted by Crippen LogP contribution is -2.16. The molecule has 0 fully saturated rings. The van der Waals surface area contributed by atoms with E-state index < -0.39 is 0 Å². The number of nitrogens with zero attached hydrogens (tertiary/aromatic N) is 1. The molecule has 5 heteroatoms. The van der Waals surface area contributed by atoms with Crippen LogP contribution in [0.25, 0.3) is 0 Å². The van der Waals surface area contributed by atoms with Crippen molar-refractivity contribution in [2.75, 3.05) is 12.4 Å². The number of carbonyl (C=O) groups excluding carboxylic acids is 1. The Balaban J connectivity index is 1.97. The summed E-state index contributed by atoms with van der Waals surface area (Å²) in [6.45, 7) is 0.349. The molecule has 3 N–H and O–H groups in total. The molecule has 0 atom stereocenters. The van der Waals surface area contributed by atoms with Gasteiger partial charge in [-0.05, 0) is 29.8 Å².